The summed E-state index contributed by atoms with van der Waals surface area (Å²) in [7, 11) is -3.47. The lowest BCUT2D eigenvalue weighted by Gasteiger charge is -2.19. The zero-order valence-electron chi connectivity index (χ0n) is 19.1. The van der Waals surface area contributed by atoms with E-state index in [9.17, 15) is 13.2 Å². The number of hydrogen-bond acceptors (Lipinski definition) is 4. The zero-order chi connectivity index (χ0) is 23.8. The monoisotopic (exact) mass is 478 g/mol. The van der Waals surface area contributed by atoms with Crippen molar-refractivity contribution in [3.05, 3.63) is 90.0 Å². The van der Waals surface area contributed by atoms with Crippen LogP contribution in [-0.2, 0) is 27.9 Å². The van der Waals surface area contributed by atoms with Crippen molar-refractivity contribution in [1.29, 1.82) is 0 Å². The van der Waals surface area contributed by atoms with Crippen molar-refractivity contribution < 1.29 is 13.2 Å². The van der Waals surface area contributed by atoms with Crippen molar-refractivity contribution in [3.8, 4) is 0 Å². The van der Waals surface area contributed by atoms with Gasteiger partial charge in [-0.05, 0) is 47.7 Å². The topological polar surface area (TPSA) is 84.3 Å². The Morgan fingerprint density at radius 1 is 1.00 bits per heavy atom. The predicted molar refractivity (Wildman–Crippen MR) is 132 cm³/mol. The van der Waals surface area contributed by atoms with Crippen LogP contribution in [0.3, 0.4) is 0 Å². The van der Waals surface area contributed by atoms with Gasteiger partial charge < -0.3 is 9.88 Å². The predicted octanol–water partition coefficient (Wildman–Crippen LogP) is 3.83. The highest BCUT2D eigenvalue weighted by Crippen LogP contribution is 2.21. The molecule has 1 aliphatic rings. The van der Waals surface area contributed by atoms with Crippen molar-refractivity contribution >= 4 is 22.0 Å². The number of benzene rings is 2. The Labute approximate surface area is 201 Å². The number of hydrogen-bond donors (Lipinski definition) is 1. The zero-order valence-corrected chi connectivity index (χ0v) is 20.0. The third-order valence-electron chi connectivity index (χ3n) is 5.89. The summed E-state index contributed by atoms with van der Waals surface area (Å²) in [5.41, 5.74) is 2.92. The molecule has 1 aromatic heterocycles. The van der Waals surface area contributed by atoms with Crippen LogP contribution in [0.25, 0.3) is 6.08 Å². The molecule has 1 fully saturated rings. The third kappa shape index (κ3) is 6.42. The highest BCUT2D eigenvalue weighted by atomic mass is 32.2. The molecule has 1 amide bonds. The molecule has 2 aromatic carbocycles. The number of aromatic nitrogens is 2. The van der Waals surface area contributed by atoms with Gasteiger partial charge in [-0.2, -0.15) is 4.31 Å². The van der Waals surface area contributed by atoms with Crippen LogP contribution in [0.2, 0.25) is 0 Å². The molecular weight excluding hydrogens is 448 g/mol. The Balaban J connectivity index is 1.31. The average molecular weight is 479 g/mol. The fourth-order valence-corrected chi connectivity index (χ4v) is 5.55. The van der Waals surface area contributed by atoms with Crippen LogP contribution in [0.4, 0.5) is 0 Å². The normalized spacial score (nSPS) is 15.3. The Morgan fingerprint density at radius 2 is 1.74 bits per heavy atom. The molecule has 4 rings (SSSR count). The molecule has 178 valence electrons. The molecule has 1 aliphatic heterocycles. The molecule has 0 atom stereocenters. The molecule has 0 unspecified atom stereocenters. The first-order valence-electron chi connectivity index (χ1n) is 11.6. The molecule has 7 nitrogen and oxygen atoms in total. The summed E-state index contributed by atoms with van der Waals surface area (Å²) in [5, 5.41) is 2.89. The first-order chi connectivity index (χ1) is 16.5. The standard InChI is InChI=1S/C26H30N4O3S/c31-26(28-19-23-6-5-7-24(18-23)20-29-17-14-27-21-29)13-10-22-8-11-25(12-9-22)34(32,33)30-15-3-1-2-4-16-30/h5-14,17-18,21H,1-4,15-16,19-20H2,(H,28,31)/b13-10+. The highest BCUT2D eigenvalue weighted by molar-refractivity contribution is 7.89. The van der Waals surface area contributed by atoms with Crippen molar-refractivity contribution in [1.82, 2.24) is 19.2 Å². The molecule has 8 heteroatoms. The van der Waals surface area contributed by atoms with Gasteiger partial charge in [0.05, 0.1) is 11.2 Å². The van der Waals surface area contributed by atoms with E-state index < -0.39 is 10.0 Å². The van der Waals surface area contributed by atoms with E-state index in [4.69, 9.17) is 0 Å². The second-order valence-corrected chi connectivity index (χ2v) is 10.4. The molecular formula is C26H30N4O3S. The van der Waals surface area contributed by atoms with E-state index >= 15 is 0 Å². The number of imidazole rings is 1. The van der Waals surface area contributed by atoms with Crippen LogP contribution in [-0.4, -0.2) is 41.3 Å². The number of nitrogens with zero attached hydrogens (tertiary/aromatic N) is 3. The largest absolute Gasteiger partial charge is 0.348 e. The van der Waals surface area contributed by atoms with E-state index in [1.54, 1.807) is 47.2 Å². The number of amides is 1. The second-order valence-electron chi connectivity index (χ2n) is 8.49. The van der Waals surface area contributed by atoms with Gasteiger partial charge in [0.25, 0.3) is 0 Å². The van der Waals surface area contributed by atoms with Gasteiger partial charge in [-0.1, -0.05) is 49.2 Å². The van der Waals surface area contributed by atoms with Gasteiger partial charge in [0.2, 0.25) is 15.9 Å². The fourth-order valence-electron chi connectivity index (χ4n) is 4.03. The fraction of sp³-hybridized carbons (Fsp3) is 0.308. The van der Waals surface area contributed by atoms with Crippen LogP contribution in [0, 0.1) is 0 Å². The average Bonchev–Trinajstić information content (AvgIpc) is 3.19. The quantitative estimate of drug-likeness (QED) is 0.499. The lowest BCUT2D eigenvalue weighted by molar-refractivity contribution is -0.116. The van der Waals surface area contributed by atoms with Crippen molar-refractivity contribution in [2.75, 3.05) is 13.1 Å². The number of carbonyl (C=O) groups is 1. The van der Waals surface area contributed by atoms with Gasteiger partial charge >= 0.3 is 0 Å². The van der Waals surface area contributed by atoms with Crippen molar-refractivity contribution in [3.63, 3.8) is 0 Å². The summed E-state index contributed by atoms with van der Waals surface area (Å²) in [6.45, 7) is 2.31. The van der Waals surface area contributed by atoms with Gasteiger partial charge in [0.1, 0.15) is 0 Å². The first kappa shape index (κ1) is 23.9. The smallest absolute Gasteiger partial charge is 0.244 e. The molecule has 2 heterocycles. The van der Waals surface area contributed by atoms with E-state index in [-0.39, 0.29) is 5.91 Å². The number of carbonyl (C=O) groups excluding carboxylic acids is 1. The molecule has 0 spiro atoms. The van der Waals surface area contributed by atoms with Crippen molar-refractivity contribution in [2.45, 2.75) is 43.7 Å². The van der Waals surface area contributed by atoms with Crippen LogP contribution < -0.4 is 5.32 Å². The Bertz CT molecular complexity index is 1210. The summed E-state index contributed by atoms with van der Waals surface area (Å²) in [6.07, 6.45) is 12.6. The highest BCUT2D eigenvalue weighted by Gasteiger charge is 2.24. The van der Waals surface area contributed by atoms with Crippen LogP contribution in [0.5, 0.6) is 0 Å². The van der Waals surface area contributed by atoms with Gasteiger partial charge in [0.15, 0.2) is 0 Å². The Morgan fingerprint density at radius 3 is 2.44 bits per heavy atom. The lowest BCUT2D eigenvalue weighted by atomic mass is 10.1. The van der Waals surface area contributed by atoms with Crippen LogP contribution in [0.15, 0.2) is 78.2 Å². The van der Waals surface area contributed by atoms with E-state index in [1.807, 2.05) is 29.0 Å². The summed E-state index contributed by atoms with van der Waals surface area (Å²) >= 11 is 0. The molecule has 0 aliphatic carbocycles. The lowest BCUT2D eigenvalue weighted by Crippen LogP contribution is -2.31. The minimum Gasteiger partial charge on any atom is -0.348 e. The molecule has 1 N–H and O–H groups in total. The Kier molecular flexibility index (Phi) is 7.92. The van der Waals surface area contributed by atoms with E-state index in [0.29, 0.717) is 24.5 Å². The van der Waals surface area contributed by atoms with Gasteiger partial charge in [0, 0.05) is 44.6 Å². The first-order valence-corrected chi connectivity index (χ1v) is 13.0. The van der Waals surface area contributed by atoms with Crippen LogP contribution >= 0.6 is 0 Å². The summed E-state index contributed by atoms with van der Waals surface area (Å²) in [4.78, 5) is 16.6. The number of rotatable bonds is 8. The summed E-state index contributed by atoms with van der Waals surface area (Å²) in [5.74, 6) is -0.207. The van der Waals surface area contributed by atoms with E-state index in [2.05, 4.69) is 16.4 Å². The van der Waals surface area contributed by atoms with Crippen molar-refractivity contribution in [2.24, 2.45) is 0 Å². The van der Waals surface area contributed by atoms with E-state index in [0.717, 1.165) is 48.9 Å². The molecule has 3 aromatic rings. The molecule has 0 saturated carbocycles. The maximum absolute atomic E-state index is 12.9. The number of sulfonamides is 1. The number of nitrogens with one attached hydrogen (secondary N) is 1. The minimum absolute atomic E-state index is 0.207. The Hall–Kier alpha value is -3.23. The van der Waals surface area contributed by atoms with Gasteiger partial charge in [-0.3, -0.25) is 4.79 Å². The van der Waals surface area contributed by atoms with Gasteiger partial charge in [-0.25, -0.2) is 13.4 Å². The molecule has 0 radical (unpaired) electrons. The summed E-state index contributed by atoms with van der Waals surface area (Å²) < 4.78 is 29.4. The maximum atomic E-state index is 12.9. The molecule has 1 saturated heterocycles. The van der Waals surface area contributed by atoms with Gasteiger partial charge in [-0.15, -0.1) is 0 Å². The third-order valence-corrected chi connectivity index (χ3v) is 7.81. The minimum atomic E-state index is -3.47. The van der Waals surface area contributed by atoms with E-state index in [1.165, 1.54) is 6.08 Å². The second kappa shape index (κ2) is 11.3. The maximum Gasteiger partial charge on any atom is 0.244 e. The molecule has 34 heavy (non-hydrogen) atoms. The SMILES string of the molecule is O=C(/C=C/c1ccc(S(=O)(=O)N2CCCCCC2)cc1)NCc1cccc(Cn2ccnc2)c1. The molecule has 0 bridgehead atoms. The van der Waals surface area contributed by atoms with Crippen LogP contribution in [0.1, 0.15) is 42.4 Å². The summed E-state index contributed by atoms with van der Waals surface area (Å²) in [6, 6.07) is 14.8.